The van der Waals surface area contributed by atoms with E-state index in [9.17, 15) is 9.59 Å². The highest BCUT2D eigenvalue weighted by Gasteiger charge is 2.24. The van der Waals surface area contributed by atoms with Gasteiger partial charge < -0.3 is 9.47 Å². The van der Waals surface area contributed by atoms with Crippen molar-refractivity contribution in [3.63, 3.8) is 0 Å². The van der Waals surface area contributed by atoms with Gasteiger partial charge in [0.05, 0.1) is 26.5 Å². The van der Waals surface area contributed by atoms with Gasteiger partial charge in [-0.1, -0.05) is 12.2 Å². The van der Waals surface area contributed by atoms with Crippen LogP contribution in [0.2, 0.25) is 0 Å². The Hall–Kier alpha value is -3.75. The minimum absolute atomic E-state index is 0.150. The maximum absolute atomic E-state index is 13.3. The zero-order chi connectivity index (χ0) is 22.6. The van der Waals surface area contributed by atoms with Crippen molar-refractivity contribution in [1.29, 1.82) is 0 Å². The summed E-state index contributed by atoms with van der Waals surface area (Å²) in [6.45, 7) is 9.64. The van der Waals surface area contributed by atoms with Crippen LogP contribution in [0.3, 0.4) is 0 Å². The highest BCUT2D eigenvalue weighted by Crippen LogP contribution is 2.32. The van der Waals surface area contributed by atoms with Crippen molar-refractivity contribution < 1.29 is 9.47 Å². The van der Waals surface area contributed by atoms with Crippen molar-refractivity contribution in [3.8, 4) is 17.2 Å². The first-order chi connectivity index (χ1) is 14.7. The van der Waals surface area contributed by atoms with E-state index in [1.807, 2.05) is 36.6 Å². The van der Waals surface area contributed by atoms with Crippen LogP contribution in [0.25, 0.3) is 22.6 Å². The van der Waals surface area contributed by atoms with E-state index < -0.39 is 11.2 Å². The minimum Gasteiger partial charge on any atom is -0.497 e. The van der Waals surface area contributed by atoms with Crippen LogP contribution >= 0.6 is 0 Å². The summed E-state index contributed by atoms with van der Waals surface area (Å²) in [5.41, 5.74) is 3.00. The van der Waals surface area contributed by atoms with Gasteiger partial charge in [0.15, 0.2) is 11.2 Å². The van der Waals surface area contributed by atoms with Gasteiger partial charge in [-0.05, 0) is 32.9 Å². The smallest absolute Gasteiger partial charge is 0.332 e. The first-order valence-corrected chi connectivity index (χ1v) is 9.77. The molecule has 4 aromatic rings. The number of allylic oxidation sites excluding steroid dienone is 1. The van der Waals surface area contributed by atoms with Crippen molar-refractivity contribution in [3.05, 3.63) is 62.6 Å². The number of aromatic nitrogens is 5. The molecule has 3 heterocycles. The molecule has 0 amide bonds. The maximum atomic E-state index is 13.3. The molecule has 0 aliphatic heterocycles. The summed E-state index contributed by atoms with van der Waals surface area (Å²) in [5, 5.41) is 0. The minimum atomic E-state index is -0.430. The van der Waals surface area contributed by atoms with Gasteiger partial charge in [-0.2, -0.15) is 4.98 Å². The second kappa shape index (κ2) is 7.19. The lowest BCUT2D eigenvalue weighted by Crippen LogP contribution is -2.39. The average molecular weight is 423 g/mol. The number of rotatable bonds is 5. The van der Waals surface area contributed by atoms with Crippen LogP contribution in [-0.2, 0) is 13.6 Å². The van der Waals surface area contributed by atoms with Crippen molar-refractivity contribution in [2.45, 2.75) is 27.3 Å². The van der Waals surface area contributed by atoms with E-state index in [-0.39, 0.29) is 6.54 Å². The fourth-order valence-corrected chi connectivity index (χ4v) is 3.92. The van der Waals surface area contributed by atoms with E-state index in [0.717, 1.165) is 17.1 Å². The largest absolute Gasteiger partial charge is 0.497 e. The Balaban J connectivity index is 2.19. The topological polar surface area (TPSA) is 84.7 Å². The van der Waals surface area contributed by atoms with Gasteiger partial charge in [0.2, 0.25) is 5.78 Å². The molecule has 0 spiro atoms. The molecule has 0 bridgehead atoms. The van der Waals surface area contributed by atoms with Crippen LogP contribution in [-0.4, -0.2) is 37.3 Å². The molecular weight excluding hydrogens is 398 g/mol. The highest BCUT2D eigenvalue weighted by atomic mass is 16.5. The second-order valence-electron chi connectivity index (χ2n) is 7.65. The molecule has 0 fully saturated rings. The molecule has 31 heavy (non-hydrogen) atoms. The molecule has 0 aliphatic rings. The molecule has 162 valence electrons. The predicted octanol–water partition coefficient (Wildman–Crippen LogP) is 2.35. The lowest BCUT2D eigenvalue weighted by Gasteiger charge is -2.13. The van der Waals surface area contributed by atoms with Gasteiger partial charge in [-0.3, -0.25) is 22.9 Å². The second-order valence-corrected chi connectivity index (χ2v) is 7.65. The maximum Gasteiger partial charge on any atom is 0.332 e. The average Bonchev–Trinajstić information content (AvgIpc) is 3.24. The fourth-order valence-electron chi connectivity index (χ4n) is 3.92. The highest BCUT2D eigenvalue weighted by molar-refractivity contribution is 5.77. The molecule has 0 unspecified atom stereocenters. The Labute approximate surface area is 178 Å². The number of aryl methyl sites for hydroxylation is 2. The Morgan fingerprint density at radius 1 is 1.13 bits per heavy atom. The number of ether oxygens (including phenoxy) is 2. The first-order valence-electron chi connectivity index (χ1n) is 9.77. The quantitative estimate of drug-likeness (QED) is 0.460. The normalized spacial score (nSPS) is 11.4. The lowest BCUT2D eigenvalue weighted by molar-refractivity contribution is 0.401. The molecule has 0 N–H and O–H groups in total. The fraction of sp³-hybridized carbons (Fsp3) is 0.318. The number of hydrogen-bond donors (Lipinski definition) is 0. The van der Waals surface area contributed by atoms with E-state index in [4.69, 9.17) is 14.5 Å². The first kappa shape index (κ1) is 20.5. The Morgan fingerprint density at radius 3 is 2.45 bits per heavy atom. The third kappa shape index (κ3) is 2.88. The van der Waals surface area contributed by atoms with E-state index in [2.05, 4.69) is 6.58 Å². The molecule has 0 radical (unpaired) electrons. The summed E-state index contributed by atoms with van der Waals surface area (Å²) in [4.78, 5) is 30.9. The van der Waals surface area contributed by atoms with Crippen LogP contribution in [0.1, 0.15) is 18.3 Å². The molecular formula is C22H25N5O4. The van der Waals surface area contributed by atoms with Gasteiger partial charge in [0, 0.05) is 24.5 Å². The summed E-state index contributed by atoms with van der Waals surface area (Å²) in [5.74, 6) is 1.80. The third-order valence-electron chi connectivity index (χ3n) is 5.57. The van der Waals surface area contributed by atoms with Crippen molar-refractivity contribution in [2.75, 3.05) is 14.2 Å². The van der Waals surface area contributed by atoms with Crippen LogP contribution in [0.5, 0.6) is 11.5 Å². The third-order valence-corrected chi connectivity index (χ3v) is 5.57. The summed E-state index contributed by atoms with van der Waals surface area (Å²) in [7, 11) is 4.80. The molecule has 0 saturated heterocycles. The summed E-state index contributed by atoms with van der Waals surface area (Å²) >= 11 is 0. The van der Waals surface area contributed by atoms with Crippen molar-refractivity contribution in [1.82, 2.24) is 23.1 Å². The Kier molecular flexibility index (Phi) is 4.76. The molecule has 3 aromatic heterocycles. The van der Waals surface area contributed by atoms with Crippen LogP contribution in [0, 0.1) is 13.8 Å². The SMILES string of the molecule is C=C(C)Cn1c(=O)c2c(nc3n(-c4cc(OC)ccc4OC)c(C)c(C)n23)n(C)c1=O. The van der Waals surface area contributed by atoms with Gasteiger partial charge >= 0.3 is 5.69 Å². The van der Waals surface area contributed by atoms with Crippen molar-refractivity contribution >= 4 is 16.9 Å². The van der Waals surface area contributed by atoms with Crippen LogP contribution < -0.4 is 20.7 Å². The molecule has 0 aliphatic carbocycles. The van der Waals surface area contributed by atoms with Crippen molar-refractivity contribution in [2.24, 2.45) is 7.05 Å². The van der Waals surface area contributed by atoms with E-state index in [1.165, 1.54) is 9.13 Å². The summed E-state index contributed by atoms with van der Waals surface area (Å²) in [6, 6.07) is 5.48. The number of imidazole rings is 2. The monoisotopic (exact) mass is 423 g/mol. The van der Waals surface area contributed by atoms with Gasteiger partial charge in [-0.25, -0.2) is 4.79 Å². The van der Waals surface area contributed by atoms with Gasteiger partial charge in [0.25, 0.3) is 5.56 Å². The number of hydrogen-bond acceptors (Lipinski definition) is 5. The standard InChI is InChI=1S/C22H25N5O4/c1-12(2)11-25-20(28)18-19(24(5)22(25)29)23-21-26(13(3)14(4)27(18)21)16-10-15(30-6)8-9-17(16)31-7/h8-10H,1,11H2,2-7H3. The van der Waals surface area contributed by atoms with E-state index in [0.29, 0.717) is 34.0 Å². The Morgan fingerprint density at radius 2 is 1.84 bits per heavy atom. The zero-order valence-electron chi connectivity index (χ0n) is 18.5. The zero-order valence-corrected chi connectivity index (χ0v) is 18.5. The molecule has 9 nitrogen and oxygen atoms in total. The van der Waals surface area contributed by atoms with Crippen LogP contribution in [0.15, 0.2) is 39.9 Å². The van der Waals surface area contributed by atoms with E-state index in [1.54, 1.807) is 32.6 Å². The van der Waals surface area contributed by atoms with Gasteiger partial charge in [0.1, 0.15) is 11.5 Å². The number of nitrogens with zero attached hydrogens (tertiary/aromatic N) is 5. The lowest BCUT2D eigenvalue weighted by atomic mass is 10.2. The van der Waals surface area contributed by atoms with Crippen LogP contribution in [0.4, 0.5) is 0 Å². The number of benzene rings is 1. The molecule has 9 heteroatoms. The molecule has 0 saturated carbocycles. The van der Waals surface area contributed by atoms with E-state index >= 15 is 0 Å². The van der Waals surface area contributed by atoms with Gasteiger partial charge in [-0.15, -0.1) is 0 Å². The Bertz CT molecular complexity index is 1480. The molecule has 0 atom stereocenters. The number of fused-ring (bicyclic) bond motifs is 3. The number of methoxy groups -OCH3 is 2. The summed E-state index contributed by atoms with van der Waals surface area (Å²) < 4.78 is 17.3. The predicted molar refractivity (Wildman–Crippen MR) is 119 cm³/mol. The molecule has 4 rings (SSSR count). The molecule has 1 aromatic carbocycles. The summed E-state index contributed by atoms with van der Waals surface area (Å²) in [6.07, 6.45) is 0.